The summed E-state index contributed by atoms with van der Waals surface area (Å²) in [6, 6.07) is 4.62. The van der Waals surface area contributed by atoms with Gasteiger partial charge >= 0.3 is 0 Å². The Kier molecular flexibility index (Phi) is 5.71. The van der Waals surface area contributed by atoms with Crippen LogP contribution in [0.3, 0.4) is 0 Å². The van der Waals surface area contributed by atoms with Crippen molar-refractivity contribution in [2.75, 3.05) is 19.6 Å². The quantitative estimate of drug-likeness (QED) is 0.748. The van der Waals surface area contributed by atoms with Gasteiger partial charge in [0.25, 0.3) is 0 Å². The Labute approximate surface area is 129 Å². The second-order valence-corrected chi connectivity index (χ2v) is 6.56. The molecule has 1 atom stereocenters. The summed E-state index contributed by atoms with van der Waals surface area (Å²) in [7, 11) is 2.15. The standard InChI is InChI=1S/C17H29BN2O/c1-3-16(19)11-20-9-13(10-20)8-15-5-4-14(6-7-18)17(21)12(15)2/h4-5,13,16,21H,3,6-11,18-19H2,1-2H3. The minimum atomic E-state index is 0.310. The van der Waals surface area contributed by atoms with Crippen LogP contribution in [0.25, 0.3) is 0 Å². The molecule has 21 heavy (non-hydrogen) atoms. The number of aryl methyl sites for hydroxylation is 1. The van der Waals surface area contributed by atoms with Gasteiger partial charge in [-0.3, -0.25) is 0 Å². The number of likely N-dealkylation sites (tertiary alicyclic amines) is 1. The Hall–Kier alpha value is -0.995. The van der Waals surface area contributed by atoms with E-state index in [9.17, 15) is 5.11 Å². The molecular weight excluding hydrogens is 259 g/mol. The molecule has 0 aliphatic carbocycles. The Balaban J connectivity index is 1.89. The highest BCUT2D eigenvalue weighted by Crippen LogP contribution is 2.29. The van der Waals surface area contributed by atoms with Crippen molar-refractivity contribution in [3.63, 3.8) is 0 Å². The zero-order valence-electron chi connectivity index (χ0n) is 13.7. The number of hydrogen-bond donors (Lipinski definition) is 2. The summed E-state index contributed by atoms with van der Waals surface area (Å²) < 4.78 is 0. The van der Waals surface area contributed by atoms with E-state index in [1.165, 1.54) is 5.56 Å². The number of phenolic OH excluding ortho intramolecular Hbond substituents is 1. The first-order valence-corrected chi connectivity index (χ1v) is 8.33. The highest BCUT2D eigenvalue weighted by Gasteiger charge is 2.28. The Morgan fingerprint density at radius 1 is 1.38 bits per heavy atom. The fraction of sp³-hybridized carbons (Fsp3) is 0.647. The van der Waals surface area contributed by atoms with Crippen LogP contribution in [-0.4, -0.2) is 43.5 Å². The average molecular weight is 288 g/mol. The molecule has 0 bridgehead atoms. The van der Waals surface area contributed by atoms with Crippen LogP contribution in [0.4, 0.5) is 0 Å². The molecule has 0 saturated carbocycles. The molecule has 0 aromatic heterocycles. The molecule has 0 amide bonds. The summed E-state index contributed by atoms with van der Waals surface area (Å²) in [6.07, 6.45) is 4.15. The van der Waals surface area contributed by atoms with Crippen LogP contribution in [-0.2, 0) is 12.8 Å². The lowest BCUT2D eigenvalue weighted by Gasteiger charge is -2.41. The lowest BCUT2D eigenvalue weighted by Crippen LogP contribution is -2.51. The molecule has 0 spiro atoms. The molecule has 1 fully saturated rings. The number of benzene rings is 1. The van der Waals surface area contributed by atoms with Gasteiger partial charge < -0.3 is 15.7 Å². The fourth-order valence-electron chi connectivity index (χ4n) is 3.22. The van der Waals surface area contributed by atoms with Crippen molar-refractivity contribution in [2.45, 2.75) is 45.5 Å². The van der Waals surface area contributed by atoms with E-state index in [0.29, 0.717) is 17.7 Å². The fourth-order valence-corrected chi connectivity index (χ4v) is 3.22. The van der Waals surface area contributed by atoms with Crippen LogP contribution in [0, 0.1) is 12.8 Å². The van der Waals surface area contributed by atoms with Crippen molar-refractivity contribution in [1.29, 1.82) is 0 Å². The third kappa shape index (κ3) is 4.01. The largest absolute Gasteiger partial charge is 0.507 e. The predicted octanol–water partition coefficient (Wildman–Crippen LogP) is 1.51. The average Bonchev–Trinajstić information content (AvgIpc) is 2.43. The molecule has 1 aromatic carbocycles. The van der Waals surface area contributed by atoms with Gasteiger partial charge in [0.2, 0.25) is 0 Å². The van der Waals surface area contributed by atoms with Gasteiger partial charge in [-0.2, -0.15) is 0 Å². The Morgan fingerprint density at radius 2 is 2.05 bits per heavy atom. The van der Waals surface area contributed by atoms with Gasteiger partial charge in [-0.25, -0.2) is 0 Å². The van der Waals surface area contributed by atoms with E-state index in [4.69, 9.17) is 5.73 Å². The first-order valence-electron chi connectivity index (χ1n) is 8.33. The lowest BCUT2D eigenvalue weighted by atomic mass is 9.87. The monoisotopic (exact) mass is 288 g/mol. The molecular formula is C17H29BN2O. The first kappa shape index (κ1) is 16.4. The van der Waals surface area contributed by atoms with Gasteiger partial charge in [0.05, 0.1) is 0 Å². The number of aromatic hydroxyl groups is 1. The summed E-state index contributed by atoms with van der Waals surface area (Å²) in [4.78, 5) is 2.44. The molecule has 1 aliphatic heterocycles. The molecule has 3 N–H and O–H groups in total. The summed E-state index contributed by atoms with van der Waals surface area (Å²) in [5.41, 5.74) is 9.46. The van der Waals surface area contributed by atoms with E-state index >= 15 is 0 Å². The Morgan fingerprint density at radius 3 is 2.67 bits per heavy atom. The van der Waals surface area contributed by atoms with Crippen LogP contribution >= 0.6 is 0 Å². The zero-order valence-corrected chi connectivity index (χ0v) is 13.7. The van der Waals surface area contributed by atoms with Crippen LogP contribution in [0.2, 0.25) is 6.32 Å². The maximum atomic E-state index is 10.3. The molecule has 1 aromatic rings. The van der Waals surface area contributed by atoms with E-state index in [-0.39, 0.29) is 0 Å². The second-order valence-electron chi connectivity index (χ2n) is 6.56. The van der Waals surface area contributed by atoms with Crippen molar-refractivity contribution >= 4 is 7.85 Å². The number of nitrogens with two attached hydrogens (primary N) is 1. The Bertz CT molecular complexity index is 472. The summed E-state index contributed by atoms with van der Waals surface area (Å²) in [6.45, 7) is 7.50. The summed E-state index contributed by atoms with van der Waals surface area (Å²) >= 11 is 0. The molecule has 116 valence electrons. The molecule has 1 unspecified atom stereocenters. The minimum Gasteiger partial charge on any atom is -0.507 e. The molecule has 4 heteroatoms. The van der Waals surface area contributed by atoms with Crippen molar-refractivity contribution in [3.05, 3.63) is 28.8 Å². The molecule has 1 aliphatic rings. The molecule has 2 rings (SSSR count). The van der Waals surface area contributed by atoms with E-state index in [1.54, 1.807) is 0 Å². The van der Waals surface area contributed by atoms with Crippen molar-refractivity contribution in [1.82, 2.24) is 4.90 Å². The molecule has 1 heterocycles. The van der Waals surface area contributed by atoms with Crippen molar-refractivity contribution < 1.29 is 5.11 Å². The van der Waals surface area contributed by atoms with E-state index in [2.05, 4.69) is 31.8 Å². The van der Waals surface area contributed by atoms with E-state index < -0.39 is 0 Å². The number of hydrogen-bond acceptors (Lipinski definition) is 3. The van der Waals surface area contributed by atoms with Crippen molar-refractivity contribution in [2.24, 2.45) is 11.7 Å². The van der Waals surface area contributed by atoms with Gasteiger partial charge in [-0.1, -0.05) is 25.4 Å². The molecule has 3 nitrogen and oxygen atoms in total. The topological polar surface area (TPSA) is 49.5 Å². The first-order chi connectivity index (χ1) is 10.0. The van der Waals surface area contributed by atoms with Gasteiger partial charge in [-0.05, 0) is 48.8 Å². The van der Waals surface area contributed by atoms with E-state index in [0.717, 1.165) is 56.3 Å². The highest BCUT2D eigenvalue weighted by atomic mass is 16.3. The normalized spacial score (nSPS) is 17.7. The summed E-state index contributed by atoms with van der Waals surface area (Å²) in [5, 5.41) is 10.3. The maximum absolute atomic E-state index is 10.3. The number of nitrogens with zero attached hydrogens (tertiary/aromatic N) is 1. The van der Waals surface area contributed by atoms with Gasteiger partial charge in [-0.15, -0.1) is 0 Å². The second kappa shape index (κ2) is 7.32. The summed E-state index contributed by atoms with van der Waals surface area (Å²) in [5.74, 6) is 1.22. The molecule has 1 saturated heterocycles. The van der Waals surface area contributed by atoms with Crippen LogP contribution in [0.1, 0.15) is 30.0 Å². The lowest BCUT2D eigenvalue weighted by molar-refractivity contribution is 0.0929. The van der Waals surface area contributed by atoms with E-state index in [1.807, 2.05) is 6.92 Å². The zero-order chi connectivity index (χ0) is 15.4. The van der Waals surface area contributed by atoms with Gasteiger partial charge in [0, 0.05) is 25.7 Å². The third-order valence-corrected chi connectivity index (χ3v) is 4.70. The van der Waals surface area contributed by atoms with Gasteiger partial charge in [0.1, 0.15) is 13.6 Å². The van der Waals surface area contributed by atoms with Crippen LogP contribution < -0.4 is 5.73 Å². The third-order valence-electron chi connectivity index (χ3n) is 4.70. The highest BCUT2D eigenvalue weighted by molar-refractivity contribution is 6.08. The van der Waals surface area contributed by atoms with Crippen LogP contribution in [0.15, 0.2) is 12.1 Å². The van der Waals surface area contributed by atoms with Gasteiger partial charge in [0.15, 0.2) is 0 Å². The number of phenols is 1. The number of rotatable bonds is 7. The van der Waals surface area contributed by atoms with Crippen LogP contribution in [0.5, 0.6) is 5.75 Å². The smallest absolute Gasteiger partial charge is 0.121 e. The SMILES string of the molecule is BCCc1ccc(CC2CN(CC(N)CC)C2)c(C)c1O. The van der Waals surface area contributed by atoms with Crippen molar-refractivity contribution in [3.8, 4) is 5.75 Å². The molecule has 0 radical (unpaired) electrons. The minimum absolute atomic E-state index is 0.310. The predicted molar refractivity (Wildman–Crippen MR) is 91.8 cm³/mol. The maximum Gasteiger partial charge on any atom is 0.121 e.